The number of hydrogen-bond acceptors (Lipinski definition) is 4. The van der Waals surface area contributed by atoms with Gasteiger partial charge >= 0.3 is 6.18 Å². The van der Waals surface area contributed by atoms with Gasteiger partial charge in [0.15, 0.2) is 0 Å². The fourth-order valence-corrected chi connectivity index (χ4v) is 3.15. The van der Waals surface area contributed by atoms with Gasteiger partial charge in [-0.05, 0) is 18.2 Å². The first-order valence-electron chi connectivity index (χ1n) is 8.28. The maximum atomic E-state index is 12.9. The first-order valence-corrected chi connectivity index (χ1v) is 9.03. The number of aromatic nitrogens is 2. The van der Waals surface area contributed by atoms with Gasteiger partial charge in [0, 0.05) is 31.9 Å². The van der Waals surface area contributed by atoms with E-state index in [0.29, 0.717) is 31.9 Å². The molecule has 0 N–H and O–H groups in total. The summed E-state index contributed by atoms with van der Waals surface area (Å²) in [5.41, 5.74) is -0.928. The highest BCUT2D eigenvalue weighted by Crippen LogP contribution is 2.31. The number of carbonyl (C=O) groups excluding carboxylic acids is 1. The van der Waals surface area contributed by atoms with Crippen LogP contribution in [0.5, 0.6) is 0 Å². The van der Waals surface area contributed by atoms with Crippen LogP contribution in [0.1, 0.15) is 5.56 Å². The summed E-state index contributed by atoms with van der Waals surface area (Å²) in [5, 5.41) is 3.59. The Morgan fingerprint density at radius 1 is 1.14 bits per heavy atom. The monoisotopic (exact) mass is 434 g/mol. The minimum atomic E-state index is -4.41. The summed E-state index contributed by atoms with van der Waals surface area (Å²) in [6.07, 6.45) is -3.22. The van der Waals surface area contributed by atoms with Crippen LogP contribution >= 0.6 is 23.2 Å². The van der Waals surface area contributed by atoms with Crippen LogP contribution in [0.2, 0.25) is 10.0 Å². The highest BCUT2D eigenvalue weighted by atomic mass is 35.5. The molecule has 1 saturated heterocycles. The first kappa shape index (κ1) is 20.5. The largest absolute Gasteiger partial charge is 0.416 e. The number of nitrogens with zero attached hydrogens (tertiary/aromatic N) is 4. The standard InChI is InChI=1S/C17H15Cl2F3N4O2/c18-13-9-23-26(16(28)15(13)19)10-14(27)25-6-4-24(5-7-25)12-3-1-2-11(8-12)17(20,21)22/h1-3,8-9H,4-7,10H2. The highest BCUT2D eigenvalue weighted by molar-refractivity contribution is 6.41. The Bertz CT molecular complexity index is 941. The Hall–Kier alpha value is -2.26. The fourth-order valence-electron chi connectivity index (χ4n) is 2.88. The minimum absolute atomic E-state index is 0.00469. The molecule has 0 atom stereocenters. The van der Waals surface area contributed by atoms with Crippen molar-refractivity contribution < 1.29 is 18.0 Å². The maximum absolute atomic E-state index is 12.9. The van der Waals surface area contributed by atoms with Gasteiger partial charge in [-0.3, -0.25) is 9.59 Å². The molecule has 0 unspecified atom stereocenters. The van der Waals surface area contributed by atoms with Crippen LogP contribution in [0.3, 0.4) is 0 Å². The van der Waals surface area contributed by atoms with E-state index in [1.54, 1.807) is 11.0 Å². The number of anilines is 1. The van der Waals surface area contributed by atoms with Crippen molar-refractivity contribution in [2.45, 2.75) is 12.7 Å². The Balaban J connectivity index is 1.63. The zero-order chi connectivity index (χ0) is 20.5. The summed E-state index contributed by atoms with van der Waals surface area (Å²) >= 11 is 11.5. The van der Waals surface area contributed by atoms with Crippen LogP contribution < -0.4 is 10.5 Å². The molecule has 11 heteroatoms. The number of carbonyl (C=O) groups is 1. The molecular weight excluding hydrogens is 420 g/mol. The van der Waals surface area contributed by atoms with Gasteiger partial charge in [0.1, 0.15) is 11.6 Å². The average molecular weight is 435 g/mol. The molecule has 0 bridgehead atoms. The zero-order valence-electron chi connectivity index (χ0n) is 14.4. The number of alkyl halides is 3. The van der Waals surface area contributed by atoms with E-state index in [1.807, 2.05) is 0 Å². The predicted octanol–water partition coefficient (Wildman–Crippen LogP) is 2.92. The van der Waals surface area contributed by atoms with Crippen LogP contribution in [0, 0.1) is 0 Å². The molecule has 1 aliphatic heterocycles. The maximum Gasteiger partial charge on any atom is 0.416 e. The molecule has 6 nitrogen and oxygen atoms in total. The summed E-state index contributed by atoms with van der Waals surface area (Å²) in [5.74, 6) is -0.336. The SMILES string of the molecule is O=C(Cn1ncc(Cl)c(Cl)c1=O)N1CCN(c2cccc(C(F)(F)F)c2)CC1. The number of benzene rings is 1. The molecule has 1 aromatic heterocycles. The summed E-state index contributed by atoms with van der Waals surface area (Å²) in [6, 6.07) is 5.08. The molecule has 1 aromatic carbocycles. The number of hydrogen-bond donors (Lipinski definition) is 0. The quantitative estimate of drug-likeness (QED) is 0.744. The lowest BCUT2D eigenvalue weighted by Crippen LogP contribution is -2.50. The van der Waals surface area contributed by atoms with Crippen LogP contribution in [-0.2, 0) is 17.5 Å². The second kappa shape index (κ2) is 8.00. The zero-order valence-corrected chi connectivity index (χ0v) is 15.9. The third kappa shape index (κ3) is 4.41. The Labute approximate surface area is 168 Å². The molecule has 1 fully saturated rings. The number of piperazine rings is 1. The molecule has 3 rings (SSSR count). The van der Waals surface area contributed by atoms with E-state index in [-0.39, 0.29) is 22.5 Å². The third-order valence-electron chi connectivity index (χ3n) is 4.40. The van der Waals surface area contributed by atoms with Gasteiger partial charge in [-0.15, -0.1) is 0 Å². The number of halogens is 5. The van der Waals surface area contributed by atoms with E-state index in [0.717, 1.165) is 16.8 Å². The molecule has 0 aliphatic carbocycles. The Morgan fingerprint density at radius 2 is 1.82 bits per heavy atom. The summed E-state index contributed by atoms with van der Waals surface area (Å²) < 4.78 is 39.5. The molecule has 28 heavy (non-hydrogen) atoms. The van der Waals surface area contributed by atoms with E-state index < -0.39 is 17.3 Å². The number of rotatable bonds is 3. The smallest absolute Gasteiger partial charge is 0.368 e. The van der Waals surface area contributed by atoms with Gasteiger partial charge in [-0.1, -0.05) is 29.3 Å². The van der Waals surface area contributed by atoms with Crippen molar-refractivity contribution in [3.8, 4) is 0 Å². The number of amides is 1. The fraction of sp³-hybridized carbons (Fsp3) is 0.353. The van der Waals surface area contributed by atoms with E-state index in [1.165, 1.54) is 17.2 Å². The summed E-state index contributed by atoms with van der Waals surface area (Å²) in [4.78, 5) is 27.7. The van der Waals surface area contributed by atoms with Crippen molar-refractivity contribution in [2.75, 3.05) is 31.1 Å². The van der Waals surface area contributed by atoms with Crippen molar-refractivity contribution in [3.05, 3.63) is 56.4 Å². The molecule has 150 valence electrons. The minimum Gasteiger partial charge on any atom is -0.368 e. The predicted molar refractivity (Wildman–Crippen MR) is 98.8 cm³/mol. The van der Waals surface area contributed by atoms with E-state index in [9.17, 15) is 22.8 Å². The second-order valence-electron chi connectivity index (χ2n) is 6.19. The molecule has 2 heterocycles. The first-order chi connectivity index (χ1) is 13.2. The topological polar surface area (TPSA) is 58.4 Å². The van der Waals surface area contributed by atoms with Crippen molar-refractivity contribution in [3.63, 3.8) is 0 Å². The van der Waals surface area contributed by atoms with Gasteiger partial charge < -0.3 is 9.80 Å². The molecular formula is C17H15Cl2F3N4O2. The lowest BCUT2D eigenvalue weighted by Gasteiger charge is -2.36. The van der Waals surface area contributed by atoms with Crippen molar-refractivity contribution >= 4 is 34.8 Å². The molecule has 1 amide bonds. The van der Waals surface area contributed by atoms with Gasteiger partial charge in [0.25, 0.3) is 5.56 Å². The molecule has 0 spiro atoms. The normalized spacial score (nSPS) is 15.0. The van der Waals surface area contributed by atoms with Gasteiger partial charge in [-0.2, -0.15) is 18.3 Å². The van der Waals surface area contributed by atoms with Gasteiger partial charge in [0.05, 0.1) is 16.8 Å². The summed E-state index contributed by atoms with van der Waals surface area (Å²) in [7, 11) is 0. The van der Waals surface area contributed by atoms with Gasteiger partial charge in [0.2, 0.25) is 5.91 Å². The second-order valence-corrected chi connectivity index (χ2v) is 6.97. The lowest BCUT2D eigenvalue weighted by molar-refractivity contribution is -0.137. The van der Waals surface area contributed by atoms with E-state index in [4.69, 9.17) is 23.2 Å². The Morgan fingerprint density at radius 3 is 2.46 bits per heavy atom. The van der Waals surface area contributed by atoms with Crippen LogP contribution in [-0.4, -0.2) is 46.8 Å². The molecule has 2 aromatic rings. The van der Waals surface area contributed by atoms with Gasteiger partial charge in [-0.25, -0.2) is 4.68 Å². The van der Waals surface area contributed by atoms with Crippen LogP contribution in [0.4, 0.5) is 18.9 Å². The van der Waals surface area contributed by atoms with Crippen LogP contribution in [0.25, 0.3) is 0 Å². The molecule has 1 aliphatic rings. The lowest BCUT2D eigenvalue weighted by atomic mass is 10.1. The molecule has 0 saturated carbocycles. The van der Waals surface area contributed by atoms with Crippen molar-refractivity contribution in [1.29, 1.82) is 0 Å². The van der Waals surface area contributed by atoms with Crippen molar-refractivity contribution in [2.24, 2.45) is 0 Å². The third-order valence-corrected chi connectivity index (χ3v) is 5.15. The summed E-state index contributed by atoms with van der Waals surface area (Å²) in [6.45, 7) is 1.07. The average Bonchev–Trinajstić information content (AvgIpc) is 2.68. The molecule has 0 radical (unpaired) electrons. The van der Waals surface area contributed by atoms with Crippen molar-refractivity contribution in [1.82, 2.24) is 14.7 Å². The van der Waals surface area contributed by atoms with Crippen LogP contribution in [0.15, 0.2) is 35.3 Å². The highest BCUT2D eigenvalue weighted by Gasteiger charge is 2.31. The van der Waals surface area contributed by atoms with E-state index >= 15 is 0 Å². The van der Waals surface area contributed by atoms with E-state index in [2.05, 4.69) is 5.10 Å². The Kier molecular flexibility index (Phi) is 5.85.